The molecule has 1 unspecified atom stereocenters. The van der Waals surface area contributed by atoms with Gasteiger partial charge in [-0.15, -0.1) is 11.3 Å². The molecule has 0 saturated carbocycles. The van der Waals surface area contributed by atoms with E-state index in [-0.39, 0.29) is 11.9 Å². The maximum absolute atomic E-state index is 11.7. The number of nitrogens with zero attached hydrogens (tertiary/aromatic N) is 3. The molecule has 144 valence electrons. The highest BCUT2D eigenvalue weighted by atomic mass is 32.1. The van der Waals surface area contributed by atoms with Gasteiger partial charge in [0.2, 0.25) is 0 Å². The zero-order chi connectivity index (χ0) is 18.5. The predicted molar refractivity (Wildman–Crippen MR) is 106 cm³/mol. The third kappa shape index (κ3) is 4.38. The van der Waals surface area contributed by atoms with Gasteiger partial charge in [-0.25, -0.2) is 0 Å². The van der Waals surface area contributed by atoms with Gasteiger partial charge in [-0.1, -0.05) is 0 Å². The molecule has 0 aromatic carbocycles. The fourth-order valence-corrected chi connectivity index (χ4v) is 4.73. The fraction of sp³-hybridized carbons (Fsp3) is 0.684. The molecule has 1 saturated heterocycles. The number of ether oxygens (including phenoxy) is 1. The average Bonchev–Trinajstić information content (AvgIpc) is 3.16. The quantitative estimate of drug-likeness (QED) is 0.493. The van der Waals surface area contributed by atoms with Crippen molar-refractivity contribution in [2.75, 3.05) is 40.3 Å². The second-order valence-electron chi connectivity index (χ2n) is 7.15. The minimum atomic E-state index is -0.0842. The lowest BCUT2D eigenvalue weighted by atomic mass is 9.97. The van der Waals surface area contributed by atoms with E-state index in [9.17, 15) is 4.79 Å². The molecule has 2 aliphatic rings. The first kappa shape index (κ1) is 19.2. The monoisotopic (exact) mass is 378 g/mol. The lowest BCUT2D eigenvalue weighted by Crippen LogP contribution is -2.50. The highest BCUT2D eigenvalue weighted by Crippen LogP contribution is 2.25. The van der Waals surface area contributed by atoms with Crippen molar-refractivity contribution in [3.63, 3.8) is 0 Å². The highest BCUT2D eigenvalue weighted by molar-refractivity contribution is 7.10. The summed E-state index contributed by atoms with van der Waals surface area (Å²) >= 11 is 1.88. The number of rotatable bonds is 4. The number of piperidine rings is 1. The molecule has 0 amide bonds. The molecule has 1 fully saturated rings. The zero-order valence-corrected chi connectivity index (χ0v) is 16.8. The Hall–Kier alpha value is -1.60. The van der Waals surface area contributed by atoms with Crippen molar-refractivity contribution in [1.29, 1.82) is 0 Å². The van der Waals surface area contributed by atoms with E-state index in [0.29, 0.717) is 6.04 Å². The number of guanidine groups is 1. The van der Waals surface area contributed by atoms with Crippen LogP contribution in [0.15, 0.2) is 16.4 Å². The van der Waals surface area contributed by atoms with Crippen LogP contribution in [0.4, 0.5) is 0 Å². The molecule has 6 nitrogen and oxygen atoms in total. The summed E-state index contributed by atoms with van der Waals surface area (Å²) in [5.74, 6) is 0.883. The van der Waals surface area contributed by atoms with Crippen molar-refractivity contribution in [3.8, 4) is 0 Å². The van der Waals surface area contributed by atoms with Crippen LogP contribution in [0.3, 0.4) is 0 Å². The van der Waals surface area contributed by atoms with Crippen LogP contribution in [0.5, 0.6) is 0 Å². The number of hydrogen-bond acceptors (Lipinski definition) is 5. The lowest BCUT2D eigenvalue weighted by molar-refractivity contribution is -0.146. The van der Waals surface area contributed by atoms with Gasteiger partial charge in [0.1, 0.15) is 0 Å². The largest absolute Gasteiger partial charge is 0.469 e. The number of aliphatic imine (C=N–C) groups is 1. The Morgan fingerprint density at radius 1 is 1.42 bits per heavy atom. The van der Waals surface area contributed by atoms with Crippen LogP contribution in [0, 0.1) is 5.92 Å². The van der Waals surface area contributed by atoms with Crippen molar-refractivity contribution in [3.05, 3.63) is 21.9 Å². The number of carbonyl (C=O) groups is 1. The fourth-order valence-electron chi connectivity index (χ4n) is 3.84. The van der Waals surface area contributed by atoms with E-state index in [1.54, 1.807) is 4.88 Å². The molecule has 3 heterocycles. The van der Waals surface area contributed by atoms with Gasteiger partial charge in [0, 0.05) is 50.7 Å². The van der Waals surface area contributed by atoms with Gasteiger partial charge in [0.05, 0.1) is 13.0 Å². The molecule has 0 spiro atoms. The van der Waals surface area contributed by atoms with Crippen molar-refractivity contribution >= 4 is 23.3 Å². The standard InChI is InChI=1S/C19H30N4O2S/c1-14(23-10-6-17-16(13-23)7-11-26-17)12-21-19(20-2)22-8-4-15(5-9-22)18(24)25-3/h7,11,14-15H,4-6,8-10,12-13H2,1-3H3,(H,20,21). The van der Waals surface area contributed by atoms with E-state index >= 15 is 0 Å². The first-order chi connectivity index (χ1) is 12.6. The molecule has 2 aliphatic heterocycles. The molecule has 3 rings (SSSR count). The molecule has 1 atom stereocenters. The van der Waals surface area contributed by atoms with Crippen molar-refractivity contribution in [1.82, 2.24) is 15.1 Å². The van der Waals surface area contributed by atoms with Crippen molar-refractivity contribution in [2.24, 2.45) is 10.9 Å². The van der Waals surface area contributed by atoms with Crippen LogP contribution in [-0.2, 0) is 22.5 Å². The summed E-state index contributed by atoms with van der Waals surface area (Å²) in [4.78, 5) is 22.5. The van der Waals surface area contributed by atoms with E-state index in [1.165, 1.54) is 12.7 Å². The maximum atomic E-state index is 11.7. The molecular formula is C19H30N4O2S. The average molecular weight is 379 g/mol. The van der Waals surface area contributed by atoms with Gasteiger partial charge in [0.15, 0.2) is 5.96 Å². The van der Waals surface area contributed by atoms with Crippen LogP contribution in [0.2, 0.25) is 0 Å². The molecule has 0 bridgehead atoms. The third-order valence-corrected chi connectivity index (χ3v) is 6.58. The van der Waals surface area contributed by atoms with E-state index in [1.807, 2.05) is 18.4 Å². The van der Waals surface area contributed by atoms with Gasteiger partial charge in [0.25, 0.3) is 0 Å². The molecule has 26 heavy (non-hydrogen) atoms. The van der Waals surface area contributed by atoms with Crippen LogP contribution >= 0.6 is 11.3 Å². The number of hydrogen-bond donors (Lipinski definition) is 1. The van der Waals surface area contributed by atoms with Crippen molar-refractivity contribution in [2.45, 2.75) is 38.8 Å². The molecular weight excluding hydrogens is 348 g/mol. The Labute approximate surface area is 160 Å². The van der Waals surface area contributed by atoms with Crippen molar-refractivity contribution < 1.29 is 9.53 Å². The van der Waals surface area contributed by atoms with Gasteiger partial charge in [-0.2, -0.15) is 0 Å². The van der Waals surface area contributed by atoms with Gasteiger partial charge < -0.3 is 15.0 Å². The Bertz CT molecular complexity index is 637. The van der Waals surface area contributed by atoms with Gasteiger partial charge >= 0.3 is 5.97 Å². The normalized spacial score (nSPS) is 20.6. The minimum absolute atomic E-state index is 0.0291. The first-order valence-electron chi connectivity index (χ1n) is 9.45. The maximum Gasteiger partial charge on any atom is 0.308 e. The Morgan fingerprint density at radius 2 is 2.19 bits per heavy atom. The number of nitrogens with one attached hydrogen (secondary N) is 1. The topological polar surface area (TPSA) is 57.2 Å². The number of methoxy groups -OCH3 is 1. The smallest absolute Gasteiger partial charge is 0.308 e. The van der Waals surface area contributed by atoms with Gasteiger partial charge in [-0.3, -0.25) is 14.7 Å². The Kier molecular flexibility index (Phi) is 6.53. The number of carbonyl (C=O) groups excluding carboxylic acids is 1. The Morgan fingerprint density at radius 3 is 2.88 bits per heavy atom. The second-order valence-corrected chi connectivity index (χ2v) is 8.15. The molecule has 1 N–H and O–H groups in total. The van der Waals surface area contributed by atoms with E-state index in [0.717, 1.165) is 57.9 Å². The van der Waals surface area contributed by atoms with E-state index < -0.39 is 0 Å². The number of likely N-dealkylation sites (tertiary alicyclic amines) is 1. The highest BCUT2D eigenvalue weighted by Gasteiger charge is 2.27. The molecule has 7 heteroatoms. The molecule has 1 aromatic rings. The Balaban J connectivity index is 1.47. The van der Waals surface area contributed by atoms with Crippen LogP contribution in [0.25, 0.3) is 0 Å². The summed E-state index contributed by atoms with van der Waals surface area (Å²) in [6, 6.07) is 2.71. The zero-order valence-electron chi connectivity index (χ0n) is 16.0. The lowest BCUT2D eigenvalue weighted by Gasteiger charge is -2.36. The predicted octanol–water partition coefficient (Wildman–Crippen LogP) is 1.96. The summed E-state index contributed by atoms with van der Waals surface area (Å²) in [6.45, 7) is 7.01. The second kappa shape index (κ2) is 8.86. The summed E-state index contributed by atoms with van der Waals surface area (Å²) < 4.78 is 4.87. The molecule has 1 aromatic heterocycles. The molecule has 0 radical (unpaired) electrons. The van der Waals surface area contributed by atoms with Crippen LogP contribution in [-0.4, -0.2) is 68.1 Å². The number of thiophene rings is 1. The number of fused-ring (bicyclic) bond motifs is 1. The van der Waals surface area contributed by atoms with Crippen LogP contribution in [0.1, 0.15) is 30.2 Å². The summed E-state index contributed by atoms with van der Waals surface area (Å²) in [7, 11) is 3.30. The van der Waals surface area contributed by atoms with Crippen LogP contribution < -0.4 is 5.32 Å². The summed E-state index contributed by atoms with van der Waals surface area (Å²) in [5, 5.41) is 5.74. The van der Waals surface area contributed by atoms with E-state index in [4.69, 9.17) is 4.74 Å². The summed E-state index contributed by atoms with van der Waals surface area (Å²) in [6.07, 6.45) is 2.82. The van der Waals surface area contributed by atoms with Gasteiger partial charge in [-0.05, 0) is 43.2 Å². The van der Waals surface area contributed by atoms with E-state index in [2.05, 4.69) is 38.5 Å². The minimum Gasteiger partial charge on any atom is -0.469 e. The molecule has 0 aliphatic carbocycles. The number of esters is 1. The SMILES string of the molecule is CN=C(NCC(C)N1CCc2sccc2C1)N1CCC(C(=O)OC)CC1. The summed E-state index contributed by atoms with van der Waals surface area (Å²) in [5.41, 5.74) is 1.49. The third-order valence-electron chi connectivity index (χ3n) is 5.56. The first-order valence-corrected chi connectivity index (χ1v) is 10.3.